The van der Waals surface area contributed by atoms with Gasteiger partial charge in [0.05, 0.1) is 6.61 Å². The predicted molar refractivity (Wildman–Crippen MR) is 90.4 cm³/mol. The van der Waals surface area contributed by atoms with E-state index in [0.717, 1.165) is 38.5 Å². The quantitative estimate of drug-likeness (QED) is 0.145. The summed E-state index contributed by atoms with van der Waals surface area (Å²) in [5.74, 6) is 0.0243. The smallest absolute Gasteiger partial charge is 0.726 e. The van der Waals surface area contributed by atoms with E-state index >= 15 is 0 Å². The van der Waals surface area contributed by atoms with E-state index in [-0.39, 0.29) is 63.9 Å². The van der Waals surface area contributed by atoms with Crippen molar-refractivity contribution in [3.8, 4) is 0 Å². The molecule has 0 spiro atoms. The Morgan fingerprint density at radius 3 is 2.09 bits per heavy atom. The molecule has 23 heavy (non-hydrogen) atoms. The molecular formula is C17H33KO4S. The molecule has 0 saturated heterocycles. The van der Waals surface area contributed by atoms with Gasteiger partial charge in [0, 0.05) is 5.92 Å². The molecule has 0 rings (SSSR count). The Hall–Kier alpha value is 1.25. The largest absolute Gasteiger partial charge is 1.00 e. The number of allylic oxidation sites excluding steroid dienone is 1. The first-order valence-electron chi connectivity index (χ1n) is 8.76. The van der Waals surface area contributed by atoms with Crippen LogP contribution >= 0.6 is 0 Å². The SMILES string of the molecule is CCCC/C=C/C(CCCCCCCCC)COS(=O)(=O)[O-].[K+]. The van der Waals surface area contributed by atoms with Crippen molar-refractivity contribution in [2.45, 2.75) is 84.5 Å². The average Bonchev–Trinajstić information content (AvgIpc) is 2.46. The molecule has 1 atom stereocenters. The molecule has 0 aromatic carbocycles. The molecule has 0 radical (unpaired) electrons. The third-order valence-corrected chi connectivity index (χ3v) is 4.16. The Morgan fingerprint density at radius 1 is 0.957 bits per heavy atom. The molecule has 0 aliphatic carbocycles. The average molecular weight is 373 g/mol. The molecule has 0 aromatic rings. The van der Waals surface area contributed by atoms with E-state index in [1.807, 2.05) is 6.08 Å². The number of rotatable bonds is 15. The van der Waals surface area contributed by atoms with Gasteiger partial charge in [-0.15, -0.1) is 0 Å². The fourth-order valence-electron chi connectivity index (χ4n) is 2.38. The van der Waals surface area contributed by atoms with Gasteiger partial charge in [-0.05, 0) is 12.8 Å². The third-order valence-electron chi connectivity index (χ3n) is 3.74. The second kappa shape index (κ2) is 18.0. The van der Waals surface area contributed by atoms with E-state index in [0.29, 0.717) is 0 Å². The first kappa shape index (κ1) is 26.5. The van der Waals surface area contributed by atoms with Crippen molar-refractivity contribution in [2.75, 3.05) is 6.61 Å². The maximum atomic E-state index is 10.6. The molecule has 0 amide bonds. The van der Waals surface area contributed by atoms with E-state index in [4.69, 9.17) is 0 Å². The van der Waals surface area contributed by atoms with Crippen LogP contribution in [0.2, 0.25) is 0 Å². The summed E-state index contributed by atoms with van der Waals surface area (Å²) in [6.45, 7) is 4.32. The zero-order valence-corrected chi connectivity index (χ0v) is 19.2. The van der Waals surface area contributed by atoms with Crippen molar-refractivity contribution >= 4 is 10.4 Å². The van der Waals surface area contributed by atoms with Crippen LogP contribution < -0.4 is 51.4 Å². The maximum Gasteiger partial charge on any atom is 1.00 e. The van der Waals surface area contributed by atoms with Crippen molar-refractivity contribution < 1.29 is 68.5 Å². The van der Waals surface area contributed by atoms with Gasteiger partial charge in [0.1, 0.15) is 0 Å². The summed E-state index contributed by atoms with van der Waals surface area (Å²) in [4.78, 5) is 0. The molecule has 0 heterocycles. The fraction of sp³-hybridized carbons (Fsp3) is 0.882. The van der Waals surface area contributed by atoms with Crippen molar-refractivity contribution in [3.05, 3.63) is 12.2 Å². The van der Waals surface area contributed by atoms with Gasteiger partial charge in [0.15, 0.2) is 0 Å². The van der Waals surface area contributed by atoms with Crippen LogP contribution in [-0.4, -0.2) is 19.6 Å². The van der Waals surface area contributed by atoms with Crippen LogP contribution in [0.1, 0.15) is 84.5 Å². The van der Waals surface area contributed by atoms with Crippen LogP contribution in [0, 0.1) is 5.92 Å². The van der Waals surface area contributed by atoms with Crippen molar-refractivity contribution in [1.29, 1.82) is 0 Å². The summed E-state index contributed by atoms with van der Waals surface area (Å²) in [6, 6.07) is 0. The summed E-state index contributed by atoms with van der Waals surface area (Å²) < 4.78 is 36.2. The zero-order chi connectivity index (χ0) is 16.7. The first-order valence-corrected chi connectivity index (χ1v) is 10.1. The van der Waals surface area contributed by atoms with Gasteiger partial charge < -0.3 is 4.55 Å². The van der Waals surface area contributed by atoms with Gasteiger partial charge in [-0.3, -0.25) is 4.18 Å². The van der Waals surface area contributed by atoms with Gasteiger partial charge >= 0.3 is 51.4 Å². The topological polar surface area (TPSA) is 66.4 Å². The fourth-order valence-corrected chi connectivity index (χ4v) is 2.72. The molecule has 4 nitrogen and oxygen atoms in total. The van der Waals surface area contributed by atoms with Crippen LogP contribution in [-0.2, 0) is 14.6 Å². The second-order valence-electron chi connectivity index (χ2n) is 5.93. The Morgan fingerprint density at radius 2 is 1.52 bits per heavy atom. The zero-order valence-electron chi connectivity index (χ0n) is 15.3. The van der Waals surface area contributed by atoms with Gasteiger partial charge in [-0.25, -0.2) is 8.42 Å². The Bertz CT molecular complexity index is 369. The van der Waals surface area contributed by atoms with Gasteiger partial charge in [0.2, 0.25) is 10.4 Å². The molecule has 0 N–H and O–H groups in total. The van der Waals surface area contributed by atoms with Gasteiger partial charge in [-0.1, -0.05) is 83.8 Å². The second-order valence-corrected chi connectivity index (χ2v) is 6.99. The summed E-state index contributed by atoms with van der Waals surface area (Å²) in [6.07, 6.45) is 16.8. The number of hydrogen-bond donors (Lipinski definition) is 0. The molecule has 0 fully saturated rings. The van der Waals surface area contributed by atoms with E-state index < -0.39 is 10.4 Å². The standard InChI is InChI=1S/C17H34O4S.K/c1-3-5-7-9-10-11-13-15-17(14-12-8-6-4-2)16-21-22(18,19)20;/h12,14,17H,3-11,13,15-16H2,1-2H3,(H,18,19,20);/q;+1/p-1/b14-12+;. The van der Waals surface area contributed by atoms with E-state index in [1.54, 1.807) is 0 Å². The van der Waals surface area contributed by atoms with Crippen LogP contribution in [0.25, 0.3) is 0 Å². The van der Waals surface area contributed by atoms with Crippen LogP contribution in [0.3, 0.4) is 0 Å². The minimum absolute atomic E-state index is 0. The minimum Gasteiger partial charge on any atom is -0.726 e. The van der Waals surface area contributed by atoms with Gasteiger partial charge in [-0.2, -0.15) is 0 Å². The van der Waals surface area contributed by atoms with Crippen LogP contribution in [0.15, 0.2) is 12.2 Å². The molecule has 6 heteroatoms. The third kappa shape index (κ3) is 21.2. The molecular weight excluding hydrogens is 339 g/mol. The number of hydrogen-bond acceptors (Lipinski definition) is 4. The monoisotopic (exact) mass is 372 g/mol. The summed E-state index contributed by atoms with van der Waals surface area (Å²) in [5, 5.41) is 0. The molecule has 0 saturated carbocycles. The van der Waals surface area contributed by atoms with Crippen LogP contribution in [0.4, 0.5) is 0 Å². The molecule has 0 aliphatic rings. The molecule has 0 aromatic heterocycles. The Balaban J connectivity index is 0. The molecule has 0 aliphatic heterocycles. The summed E-state index contributed by atoms with van der Waals surface area (Å²) >= 11 is 0. The number of unbranched alkanes of at least 4 members (excludes halogenated alkanes) is 8. The van der Waals surface area contributed by atoms with E-state index in [2.05, 4.69) is 24.1 Å². The molecule has 132 valence electrons. The molecule has 0 bridgehead atoms. The predicted octanol–water partition coefficient (Wildman–Crippen LogP) is 1.97. The summed E-state index contributed by atoms with van der Waals surface area (Å²) in [5.41, 5.74) is 0. The van der Waals surface area contributed by atoms with Crippen LogP contribution in [0.5, 0.6) is 0 Å². The van der Waals surface area contributed by atoms with Gasteiger partial charge in [0.25, 0.3) is 0 Å². The van der Waals surface area contributed by atoms with E-state index in [9.17, 15) is 13.0 Å². The Labute approximate surface area is 186 Å². The van der Waals surface area contributed by atoms with Crippen molar-refractivity contribution in [3.63, 3.8) is 0 Å². The first-order chi connectivity index (χ1) is 10.5. The maximum absolute atomic E-state index is 10.6. The normalized spacial score (nSPS) is 13.2. The molecule has 1 unspecified atom stereocenters. The minimum atomic E-state index is -4.58. The summed E-state index contributed by atoms with van der Waals surface area (Å²) in [7, 11) is -4.58. The van der Waals surface area contributed by atoms with Crippen molar-refractivity contribution in [2.24, 2.45) is 5.92 Å². The van der Waals surface area contributed by atoms with Crippen molar-refractivity contribution in [1.82, 2.24) is 0 Å². The Kier molecular flexibility index (Phi) is 20.8. The van der Waals surface area contributed by atoms with E-state index in [1.165, 1.54) is 32.1 Å².